The fourth-order valence-corrected chi connectivity index (χ4v) is 7.02. The number of hydrogen-bond acceptors (Lipinski definition) is 5. The van der Waals surface area contributed by atoms with Gasteiger partial charge in [-0.15, -0.1) is 0 Å². The van der Waals surface area contributed by atoms with E-state index in [4.69, 9.17) is 9.47 Å². The van der Waals surface area contributed by atoms with E-state index in [9.17, 15) is 14.7 Å². The number of allylic oxidation sites excluding steroid dienone is 30. The summed E-state index contributed by atoms with van der Waals surface area (Å²) in [6, 6.07) is 0. The van der Waals surface area contributed by atoms with Crippen LogP contribution in [0.15, 0.2) is 182 Å². The van der Waals surface area contributed by atoms with Gasteiger partial charge in [-0.05, 0) is 135 Å². The highest BCUT2D eigenvalue weighted by Gasteiger charge is 2.16. The van der Waals surface area contributed by atoms with E-state index in [1.54, 1.807) is 0 Å². The molecule has 72 heavy (non-hydrogen) atoms. The number of carbonyl (C=O) groups is 2. The van der Waals surface area contributed by atoms with Crippen LogP contribution in [0.5, 0.6) is 0 Å². The zero-order valence-electron chi connectivity index (χ0n) is 45.6. The first-order valence-corrected chi connectivity index (χ1v) is 28.3. The van der Waals surface area contributed by atoms with Crippen LogP contribution in [0.1, 0.15) is 206 Å². The van der Waals surface area contributed by atoms with Gasteiger partial charge in [0.05, 0.1) is 6.61 Å². The van der Waals surface area contributed by atoms with Gasteiger partial charge in [-0.3, -0.25) is 9.59 Å². The zero-order valence-corrected chi connectivity index (χ0v) is 45.6. The summed E-state index contributed by atoms with van der Waals surface area (Å²) in [5.41, 5.74) is 0. The first kappa shape index (κ1) is 67.0. The minimum atomic E-state index is -0.808. The van der Waals surface area contributed by atoms with Gasteiger partial charge >= 0.3 is 11.9 Å². The molecule has 0 spiro atoms. The standard InChI is InChI=1S/C67H102O5/c1-3-5-7-9-11-13-15-17-19-21-23-25-27-29-31-33-35-37-39-41-43-45-47-49-51-53-55-57-59-61-66(69)71-64-65(63-68)72-67(70)62-60-58-56-54-52-50-48-46-44-42-40-38-36-34-32-30-28-26-24-22-20-18-16-14-12-10-8-6-4-2/h5-8,11-14,17-20,23-26,29-32,35-38,41-44,48,50,65,68H,3-4,9-10,15-16,21-22,27-28,33-34,39-40,45-47,49,51-64H2,1-2H3/b7-5-,8-6-,13-11-,14-12-,19-17-,20-18-,25-23-,26-24-,31-29-,32-30-,37-35-,38-36-,43-41-,44-42-,50-48-. The summed E-state index contributed by atoms with van der Waals surface area (Å²) in [7, 11) is 0. The Labute approximate surface area is 442 Å². The van der Waals surface area contributed by atoms with E-state index in [1.165, 1.54) is 25.7 Å². The van der Waals surface area contributed by atoms with Gasteiger partial charge in [0.25, 0.3) is 0 Å². The van der Waals surface area contributed by atoms with Crippen molar-refractivity contribution >= 4 is 11.9 Å². The predicted octanol–water partition coefficient (Wildman–Crippen LogP) is 19.5. The number of carbonyl (C=O) groups excluding carboxylic acids is 2. The lowest BCUT2D eigenvalue weighted by Crippen LogP contribution is -2.28. The monoisotopic (exact) mass is 987 g/mol. The molecule has 0 saturated heterocycles. The molecular weight excluding hydrogens is 885 g/mol. The summed E-state index contributed by atoms with van der Waals surface area (Å²) in [6.07, 6.45) is 95.6. The Bertz CT molecular complexity index is 1680. The first-order chi connectivity index (χ1) is 35.6. The lowest BCUT2D eigenvalue weighted by Gasteiger charge is -2.15. The van der Waals surface area contributed by atoms with Crippen LogP contribution in [-0.2, 0) is 19.1 Å². The Hall–Kier alpha value is -5.00. The van der Waals surface area contributed by atoms with Gasteiger partial charge in [0, 0.05) is 12.8 Å². The van der Waals surface area contributed by atoms with E-state index in [0.29, 0.717) is 12.8 Å². The van der Waals surface area contributed by atoms with Crippen LogP contribution >= 0.6 is 0 Å². The first-order valence-electron chi connectivity index (χ1n) is 28.3. The van der Waals surface area contributed by atoms with Crippen LogP contribution in [0, 0.1) is 0 Å². The molecule has 0 saturated carbocycles. The van der Waals surface area contributed by atoms with Crippen LogP contribution in [0.2, 0.25) is 0 Å². The Balaban J connectivity index is 3.68. The minimum Gasteiger partial charge on any atom is -0.462 e. The lowest BCUT2D eigenvalue weighted by molar-refractivity contribution is -0.161. The number of unbranched alkanes of at least 4 members (excludes halogenated alkanes) is 11. The van der Waals surface area contributed by atoms with Crippen LogP contribution in [-0.4, -0.2) is 36.4 Å². The van der Waals surface area contributed by atoms with Gasteiger partial charge in [0.1, 0.15) is 6.61 Å². The number of aliphatic hydroxyl groups excluding tert-OH is 1. The van der Waals surface area contributed by atoms with Crippen molar-refractivity contribution < 1.29 is 24.2 Å². The number of hydrogen-bond donors (Lipinski definition) is 1. The molecule has 0 bridgehead atoms. The molecule has 0 heterocycles. The van der Waals surface area contributed by atoms with Crippen molar-refractivity contribution in [3.05, 3.63) is 182 Å². The van der Waals surface area contributed by atoms with Gasteiger partial charge in [0.2, 0.25) is 0 Å². The van der Waals surface area contributed by atoms with Crippen molar-refractivity contribution in [2.75, 3.05) is 13.2 Å². The molecule has 0 amide bonds. The SMILES string of the molecule is CC/C=C\C/C=C\C/C=C\C/C=C\C/C=C\C/C=C\C/C=C\C/C=C\CCCCCCC(=O)OC(CO)COC(=O)CCCCCCCCC/C=C\C/C=C\C/C=C\C/C=C\C/C=C\C/C=C\C/C=C\CC. The third-order valence-corrected chi connectivity index (χ3v) is 11.2. The Morgan fingerprint density at radius 2 is 0.556 bits per heavy atom. The molecular formula is C67H102O5. The van der Waals surface area contributed by atoms with Crippen molar-refractivity contribution in [1.29, 1.82) is 0 Å². The van der Waals surface area contributed by atoms with Crippen LogP contribution in [0.25, 0.3) is 0 Å². The molecule has 0 aromatic heterocycles. The van der Waals surface area contributed by atoms with E-state index in [1.807, 2.05) is 0 Å². The van der Waals surface area contributed by atoms with E-state index in [-0.39, 0.29) is 25.2 Å². The summed E-state index contributed by atoms with van der Waals surface area (Å²) >= 11 is 0. The van der Waals surface area contributed by atoms with Gasteiger partial charge in [-0.25, -0.2) is 0 Å². The molecule has 0 aromatic carbocycles. The molecule has 1 atom stereocenters. The molecule has 0 aromatic rings. The summed E-state index contributed by atoms with van der Waals surface area (Å²) in [5, 5.41) is 9.66. The summed E-state index contributed by atoms with van der Waals surface area (Å²) in [6.45, 7) is 3.86. The maximum absolute atomic E-state index is 12.3. The normalized spacial score (nSPS) is 13.7. The summed E-state index contributed by atoms with van der Waals surface area (Å²) in [4.78, 5) is 24.5. The molecule has 1 N–H and O–H groups in total. The largest absolute Gasteiger partial charge is 0.462 e. The quantitative estimate of drug-likeness (QED) is 0.0374. The van der Waals surface area contributed by atoms with Gasteiger partial charge in [0.15, 0.2) is 6.10 Å². The third kappa shape index (κ3) is 57.6. The topological polar surface area (TPSA) is 72.8 Å². The number of ether oxygens (including phenoxy) is 2. The highest BCUT2D eigenvalue weighted by Crippen LogP contribution is 2.12. The molecule has 1 unspecified atom stereocenters. The third-order valence-electron chi connectivity index (χ3n) is 11.2. The molecule has 5 heteroatoms. The summed E-state index contributed by atoms with van der Waals surface area (Å²) in [5.74, 6) is -0.649. The molecule has 400 valence electrons. The molecule has 5 nitrogen and oxygen atoms in total. The van der Waals surface area contributed by atoms with E-state index < -0.39 is 6.10 Å². The fraction of sp³-hybridized carbons (Fsp3) is 0.522. The number of aliphatic hydroxyl groups is 1. The van der Waals surface area contributed by atoms with Crippen LogP contribution in [0.3, 0.4) is 0 Å². The van der Waals surface area contributed by atoms with Crippen LogP contribution in [0.4, 0.5) is 0 Å². The smallest absolute Gasteiger partial charge is 0.306 e. The molecule has 0 aliphatic rings. The minimum absolute atomic E-state index is 0.0963. The zero-order chi connectivity index (χ0) is 52.0. The van der Waals surface area contributed by atoms with Crippen molar-refractivity contribution in [3.8, 4) is 0 Å². The van der Waals surface area contributed by atoms with Gasteiger partial charge < -0.3 is 14.6 Å². The average molecular weight is 988 g/mol. The summed E-state index contributed by atoms with van der Waals surface area (Å²) < 4.78 is 10.7. The van der Waals surface area contributed by atoms with Crippen molar-refractivity contribution in [1.82, 2.24) is 0 Å². The fourth-order valence-electron chi connectivity index (χ4n) is 7.02. The van der Waals surface area contributed by atoms with E-state index in [2.05, 4.69) is 196 Å². The Morgan fingerprint density at radius 1 is 0.319 bits per heavy atom. The molecule has 0 radical (unpaired) electrons. The number of rotatable bonds is 49. The predicted molar refractivity (Wildman–Crippen MR) is 315 cm³/mol. The molecule has 0 rings (SSSR count). The van der Waals surface area contributed by atoms with E-state index in [0.717, 1.165) is 154 Å². The van der Waals surface area contributed by atoms with Gasteiger partial charge in [-0.1, -0.05) is 241 Å². The maximum atomic E-state index is 12.3. The Kier molecular flexibility index (Phi) is 56.1. The highest BCUT2D eigenvalue weighted by molar-refractivity contribution is 5.70. The second kappa shape index (κ2) is 60.3. The molecule has 0 aliphatic heterocycles. The van der Waals surface area contributed by atoms with Crippen LogP contribution < -0.4 is 0 Å². The van der Waals surface area contributed by atoms with E-state index >= 15 is 0 Å². The van der Waals surface area contributed by atoms with Crippen molar-refractivity contribution in [2.45, 2.75) is 213 Å². The lowest BCUT2D eigenvalue weighted by atomic mass is 10.1. The average Bonchev–Trinajstić information content (AvgIpc) is 3.38. The van der Waals surface area contributed by atoms with Gasteiger partial charge in [-0.2, -0.15) is 0 Å². The van der Waals surface area contributed by atoms with Crippen molar-refractivity contribution in [3.63, 3.8) is 0 Å². The molecule has 0 fully saturated rings. The highest BCUT2D eigenvalue weighted by atomic mass is 16.6. The second-order valence-corrected chi connectivity index (χ2v) is 17.9. The Morgan fingerprint density at radius 3 is 0.833 bits per heavy atom. The molecule has 0 aliphatic carbocycles. The maximum Gasteiger partial charge on any atom is 0.306 e. The van der Waals surface area contributed by atoms with Crippen molar-refractivity contribution in [2.24, 2.45) is 0 Å². The number of esters is 2. The second-order valence-electron chi connectivity index (χ2n) is 17.9.